The Kier molecular flexibility index (Phi) is 3.22. The zero-order valence-electron chi connectivity index (χ0n) is 7.67. The summed E-state index contributed by atoms with van der Waals surface area (Å²) in [4.78, 5) is 20.9. The number of hydrogen-bond donors (Lipinski definition) is 2. The molecule has 0 aliphatic carbocycles. The molecule has 1 rings (SSSR count). The van der Waals surface area contributed by atoms with E-state index in [2.05, 4.69) is 10.4 Å². The molecule has 6 nitrogen and oxygen atoms in total. The Hall–Kier alpha value is -1.85. The molecule has 1 aromatic heterocycles. The number of nitrogens with one attached hydrogen (secondary N) is 1. The standard InChI is InChI=1S/C8H11N3O3/c1-2-11-4-6(3-10-11)7(8(13)14)9-5-12/h3-5,7H,2H2,1H3,(H,9,12)(H,13,14). The van der Waals surface area contributed by atoms with Gasteiger partial charge in [-0.15, -0.1) is 0 Å². The highest BCUT2D eigenvalue weighted by Gasteiger charge is 2.19. The molecule has 0 fully saturated rings. The van der Waals surface area contributed by atoms with Crippen molar-refractivity contribution < 1.29 is 14.7 Å². The van der Waals surface area contributed by atoms with Gasteiger partial charge in [-0.25, -0.2) is 4.79 Å². The number of rotatable bonds is 5. The predicted molar refractivity (Wildman–Crippen MR) is 47.5 cm³/mol. The largest absolute Gasteiger partial charge is 0.479 e. The molecule has 1 aromatic rings. The van der Waals surface area contributed by atoms with Crippen molar-refractivity contribution in [3.05, 3.63) is 18.0 Å². The van der Waals surface area contributed by atoms with E-state index in [0.29, 0.717) is 18.5 Å². The van der Waals surface area contributed by atoms with E-state index >= 15 is 0 Å². The first-order chi connectivity index (χ1) is 6.69. The number of carboxylic acids is 1. The molecule has 0 aliphatic rings. The fourth-order valence-corrected chi connectivity index (χ4v) is 1.08. The number of carboxylic acid groups (broad SMARTS) is 1. The lowest BCUT2D eigenvalue weighted by Gasteiger charge is -2.07. The second kappa shape index (κ2) is 4.40. The van der Waals surface area contributed by atoms with Gasteiger partial charge in [-0.1, -0.05) is 0 Å². The second-order valence-electron chi connectivity index (χ2n) is 2.69. The molecular weight excluding hydrogens is 186 g/mol. The number of aliphatic carboxylic acids is 1. The molecule has 0 aliphatic heterocycles. The van der Waals surface area contributed by atoms with Crippen LogP contribution in [0.3, 0.4) is 0 Å². The van der Waals surface area contributed by atoms with E-state index in [1.165, 1.54) is 6.20 Å². The van der Waals surface area contributed by atoms with Gasteiger partial charge in [-0.3, -0.25) is 9.48 Å². The van der Waals surface area contributed by atoms with Crippen LogP contribution >= 0.6 is 0 Å². The number of nitrogens with zero attached hydrogens (tertiary/aromatic N) is 2. The maximum absolute atomic E-state index is 10.7. The van der Waals surface area contributed by atoms with Crippen LogP contribution in [0.25, 0.3) is 0 Å². The van der Waals surface area contributed by atoms with Gasteiger partial charge in [0.2, 0.25) is 6.41 Å². The van der Waals surface area contributed by atoms with Crippen LogP contribution in [0.2, 0.25) is 0 Å². The lowest BCUT2D eigenvalue weighted by atomic mass is 10.2. The first kappa shape index (κ1) is 10.2. The van der Waals surface area contributed by atoms with Gasteiger partial charge in [0.15, 0.2) is 6.04 Å². The van der Waals surface area contributed by atoms with E-state index < -0.39 is 12.0 Å². The van der Waals surface area contributed by atoms with Crippen molar-refractivity contribution in [1.82, 2.24) is 15.1 Å². The van der Waals surface area contributed by atoms with E-state index in [1.807, 2.05) is 6.92 Å². The Morgan fingerprint density at radius 3 is 3.00 bits per heavy atom. The van der Waals surface area contributed by atoms with Gasteiger partial charge in [0.1, 0.15) is 0 Å². The highest BCUT2D eigenvalue weighted by atomic mass is 16.4. The number of carbonyl (C=O) groups is 2. The van der Waals surface area contributed by atoms with Crippen LogP contribution in [0.1, 0.15) is 18.5 Å². The lowest BCUT2D eigenvalue weighted by Crippen LogP contribution is -2.26. The summed E-state index contributed by atoms with van der Waals surface area (Å²) in [6.45, 7) is 2.55. The summed E-state index contributed by atoms with van der Waals surface area (Å²) in [6, 6.07) is -1.02. The summed E-state index contributed by atoms with van der Waals surface area (Å²) >= 11 is 0. The number of hydrogen-bond acceptors (Lipinski definition) is 3. The van der Waals surface area contributed by atoms with Crippen molar-refractivity contribution in [3.8, 4) is 0 Å². The fourth-order valence-electron chi connectivity index (χ4n) is 1.08. The van der Waals surface area contributed by atoms with Crippen LogP contribution in [0.5, 0.6) is 0 Å². The van der Waals surface area contributed by atoms with E-state index in [9.17, 15) is 9.59 Å². The monoisotopic (exact) mass is 197 g/mol. The molecule has 0 saturated carbocycles. The average Bonchev–Trinajstić information content (AvgIpc) is 2.61. The molecule has 1 heterocycles. The van der Waals surface area contributed by atoms with Gasteiger partial charge in [-0.05, 0) is 6.92 Å². The lowest BCUT2D eigenvalue weighted by molar-refractivity contribution is -0.140. The van der Waals surface area contributed by atoms with Crippen LogP contribution in [0.15, 0.2) is 12.4 Å². The molecule has 0 saturated heterocycles. The minimum absolute atomic E-state index is 0.363. The van der Waals surface area contributed by atoms with Crippen molar-refractivity contribution in [2.24, 2.45) is 0 Å². The molecular formula is C8H11N3O3. The Bertz CT molecular complexity index is 334. The minimum Gasteiger partial charge on any atom is -0.479 e. The number of aryl methyl sites for hydroxylation is 1. The number of carbonyl (C=O) groups excluding carboxylic acids is 1. The fraction of sp³-hybridized carbons (Fsp3) is 0.375. The maximum Gasteiger partial charge on any atom is 0.331 e. The Morgan fingerprint density at radius 2 is 2.57 bits per heavy atom. The van der Waals surface area contributed by atoms with Gasteiger partial charge < -0.3 is 10.4 Å². The SMILES string of the molecule is CCn1cc(C(NC=O)C(=O)O)cn1. The molecule has 6 heteroatoms. The van der Waals surface area contributed by atoms with E-state index in [4.69, 9.17) is 5.11 Å². The van der Waals surface area contributed by atoms with Crippen LogP contribution in [-0.2, 0) is 16.1 Å². The van der Waals surface area contributed by atoms with Crippen LogP contribution in [-0.4, -0.2) is 27.3 Å². The Balaban J connectivity index is 2.86. The molecule has 1 atom stereocenters. The van der Waals surface area contributed by atoms with Crippen molar-refractivity contribution in [2.45, 2.75) is 19.5 Å². The molecule has 14 heavy (non-hydrogen) atoms. The number of aromatic nitrogens is 2. The van der Waals surface area contributed by atoms with Gasteiger partial charge in [0.25, 0.3) is 0 Å². The molecule has 76 valence electrons. The van der Waals surface area contributed by atoms with Crippen molar-refractivity contribution in [2.75, 3.05) is 0 Å². The molecule has 0 aromatic carbocycles. The summed E-state index contributed by atoms with van der Waals surface area (Å²) < 4.78 is 1.59. The molecule has 0 radical (unpaired) electrons. The second-order valence-corrected chi connectivity index (χ2v) is 2.69. The first-order valence-corrected chi connectivity index (χ1v) is 4.14. The normalized spacial score (nSPS) is 12.1. The highest BCUT2D eigenvalue weighted by molar-refractivity contribution is 5.77. The molecule has 0 spiro atoms. The number of amides is 1. The third-order valence-electron chi connectivity index (χ3n) is 1.79. The van der Waals surface area contributed by atoms with E-state index in [-0.39, 0.29) is 0 Å². The summed E-state index contributed by atoms with van der Waals surface area (Å²) in [5, 5.41) is 14.9. The minimum atomic E-state index is -1.10. The Morgan fingerprint density at radius 1 is 1.86 bits per heavy atom. The van der Waals surface area contributed by atoms with Gasteiger partial charge in [0.05, 0.1) is 6.20 Å². The van der Waals surface area contributed by atoms with Gasteiger partial charge >= 0.3 is 5.97 Å². The van der Waals surface area contributed by atoms with E-state index in [0.717, 1.165) is 0 Å². The third-order valence-corrected chi connectivity index (χ3v) is 1.79. The smallest absolute Gasteiger partial charge is 0.331 e. The van der Waals surface area contributed by atoms with Gasteiger partial charge in [0, 0.05) is 18.3 Å². The third kappa shape index (κ3) is 2.09. The van der Waals surface area contributed by atoms with Crippen LogP contribution in [0, 0.1) is 0 Å². The molecule has 0 bridgehead atoms. The summed E-state index contributed by atoms with van der Waals surface area (Å²) in [6.07, 6.45) is 3.39. The van der Waals surface area contributed by atoms with Gasteiger partial charge in [-0.2, -0.15) is 5.10 Å². The van der Waals surface area contributed by atoms with Crippen LogP contribution in [0.4, 0.5) is 0 Å². The summed E-state index contributed by atoms with van der Waals surface area (Å²) in [5.41, 5.74) is 0.464. The molecule has 2 N–H and O–H groups in total. The molecule has 1 amide bonds. The molecule has 1 unspecified atom stereocenters. The Labute approximate surface area is 80.5 Å². The predicted octanol–water partition coefficient (Wildman–Crippen LogP) is -0.225. The topological polar surface area (TPSA) is 84.2 Å². The van der Waals surface area contributed by atoms with E-state index in [1.54, 1.807) is 10.9 Å². The highest BCUT2D eigenvalue weighted by Crippen LogP contribution is 2.11. The zero-order valence-corrected chi connectivity index (χ0v) is 7.67. The average molecular weight is 197 g/mol. The maximum atomic E-state index is 10.7. The van der Waals surface area contributed by atoms with Crippen molar-refractivity contribution in [1.29, 1.82) is 0 Å². The first-order valence-electron chi connectivity index (χ1n) is 4.14. The van der Waals surface area contributed by atoms with Crippen molar-refractivity contribution in [3.63, 3.8) is 0 Å². The summed E-state index contributed by atoms with van der Waals surface area (Å²) in [7, 11) is 0. The van der Waals surface area contributed by atoms with Crippen molar-refractivity contribution >= 4 is 12.4 Å². The quantitative estimate of drug-likeness (QED) is 0.639. The van der Waals surface area contributed by atoms with Crippen LogP contribution < -0.4 is 5.32 Å². The summed E-state index contributed by atoms with van der Waals surface area (Å²) in [5.74, 6) is -1.10. The zero-order chi connectivity index (χ0) is 10.6.